The molecule has 1 unspecified atom stereocenters. The third-order valence-corrected chi connectivity index (χ3v) is 8.29. The summed E-state index contributed by atoms with van der Waals surface area (Å²) in [7, 11) is 0. The number of benzene rings is 2. The summed E-state index contributed by atoms with van der Waals surface area (Å²) in [6.45, 7) is 45.4. The van der Waals surface area contributed by atoms with Gasteiger partial charge in [0.25, 0.3) is 0 Å². The van der Waals surface area contributed by atoms with Crippen LogP contribution in [0.2, 0.25) is 0 Å². The number of hydrogen-bond acceptors (Lipinski definition) is 0. The van der Waals surface area contributed by atoms with Crippen molar-refractivity contribution in [1.82, 2.24) is 0 Å². The lowest BCUT2D eigenvalue weighted by atomic mass is 9.67. The second kappa shape index (κ2) is 10.4. The first kappa shape index (κ1) is 33.6. The van der Waals surface area contributed by atoms with Crippen molar-refractivity contribution in [3.63, 3.8) is 0 Å². The summed E-state index contributed by atoms with van der Waals surface area (Å²) < 4.78 is 0. The van der Waals surface area contributed by atoms with Gasteiger partial charge in [0, 0.05) is 0 Å². The maximum atomic E-state index is 2.57. The smallest absolute Gasteiger partial charge is 0.0126 e. The van der Waals surface area contributed by atoms with Gasteiger partial charge < -0.3 is 0 Å². The van der Waals surface area contributed by atoms with Gasteiger partial charge in [-0.3, -0.25) is 0 Å². The van der Waals surface area contributed by atoms with E-state index in [2.05, 4.69) is 156 Å². The Morgan fingerprint density at radius 1 is 0.436 bits per heavy atom. The molecule has 0 aliphatic heterocycles. The van der Waals surface area contributed by atoms with Crippen molar-refractivity contribution >= 4 is 0 Å². The first-order chi connectivity index (χ1) is 17.1. The Balaban J connectivity index is 2.99. The van der Waals surface area contributed by atoms with Crippen molar-refractivity contribution < 1.29 is 0 Å². The Hall–Kier alpha value is -1.56. The topological polar surface area (TPSA) is 0 Å². The Kier molecular flexibility index (Phi) is 8.94. The molecule has 39 heavy (non-hydrogen) atoms. The first-order valence-corrected chi connectivity index (χ1v) is 15.4. The maximum Gasteiger partial charge on any atom is -0.0126 e. The molecule has 0 spiro atoms. The van der Waals surface area contributed by atoms with Crippen molar-refractivity contribution in [3.8, 4) is 0 Å². The van der Waals surface area contributed by atoms with Gasteiger partial charge in [0.05, 0.1) is 0 Å². The highest BCUT2D eigenvalue weighted by atomic mass is 14.4. The van der Waals surface area contributed by atoms with E-state index in [0.717, 1.165) is 6.42 Å². The molecule has 0 N–H and O–H groups in total. The van der Waals surface area contributed by atoms with Gasteiger partial charge in [-0.2, -0.15) is 0 Å². The van der Waals surface area contributed by atoms with Gasteiger partial charge in [0.2, 0.25) is 0 Å². The monoisotopic (exact) mass is 533 g/mol. The van der Waals surface area contributed by atoms with Crippen LogP contribution in [0.15, 0.2) is 24.3 Å². The van der Waals surface area contributed by atoms with Crippen LogP contribution in [0.4, 0.5) is 0 Å². The quantitative estimate of drug-likeness (QED) is 0.369. The zero-order chi connectivity index (χ0) is 30.7. The standard InChI is InChI=1S/C39H64/c1-25(29-22-28(35(5,6)7)24-31(37(11,12)13)33(29)39(17,18)19)20-26-21-27(34(2,3)4)23-30(36(8,9)10)32(26)38(14,15)16/h21-25H,20H2,1-19H3. The Morgan fingerprint density at radius 2 is 0.795 bits per heavy atom. The van der Waals surface area contributed by atoms with E-state index < -0.39 is 0 Å². The molecule has 0 aromatic heterocycles. The van der Waals surface area contributed by atoms with Crippen molar-refractivity contribution in [2.45, 2.75) is 176 Å². The van der Waals surface area contributed by atoms with Gasteiger partial charge in [-0.05, 0) is 89.3 Å². The number of rotatable bonds is 3. The third kappa shape index (κ3) is 7.80. The van der Waals surface area contributed by atoms with Crippen molar-refractivity contribution in [1.29, 1.82) is 0 Å². The SMILES string of the molecule is CC(Cc1cc(C(C)(C)C)cc(C(C)(C)C)c1C(C)(C)C)c1cc(C(C)(C)C)cc(C(C)(C)C)c1C(C)(C)C. The molecular formula is C39H64. The molecule has 2 aromatic rings. The molecule has 0 heteroatoms. The van der Waals surface area contributed by atoms with Crippen LogP contribution in [0.1, 0.15) is 182 Å². The molecule has 0 nitrogen and oxygen atoms in total. The van der Waals surface area contributed by atoms with Crippen LogP contribution in [0.3, 0.4) is 0 Å². The highest BCUT2D eigenvalue weighted by molar-refractivity contribution is 5.52. The lowest BCUT2D eigenvalue weighted by molar-refractivity contribution is 0.505. The molecular weight excluding hydrogens is 468 g/mol. The Morgan fingerprint density at radius 3 is 1.13 bits per heavy atom. The fraction of sp³-hybridized carbons (Fsp3) is 0.692. The van der Waals surface area contributed by atoms with Crippen LogP contribution in [-0.4, -0.2) is 0 Å². The van der Waals surface area contributed by atoms with Crippen LogP contribution < -0.4 is 0 Å². The molecule has 220 valence electrons. The summed E-state index contributed by atoms with van der Waals surface area (Å²) in [5.74, 6) is 0.409. The van der Waals surface area contributed by atoms with Crippen molar-refractivity contribution in [2.24, 2.45) is 0 Å². The second-order valence-corrected chi connectivity index (χ2v) is 18.7. The largest absolute Gasteiger partial charge is 0.0581 e. The minimum absolute atomic E-state index is 0.0688. The van der Waals surface area contributed by atoms with Gasteiger partial charge in [-0.1, -0.05) is 156 Å². The lowest BCUT2D eigenvalue weighted by Gasteiger charge is -2.38. The van der Waals surface area contributed by atoms with E-state index in [9.17, 15) is 0 Å². The van der Waals surface area contributed by atoms with E-state index in [0.29, 0.717) is 5.92 Å². The highest BCUT2D eigenvalue weighted by Crippen LogP contribution is 2.45. The molecule has 0 aliphatic rings. The van der Waals surface area contributed by atoms with Crippen LogP contribution in [0.25, 0.3) is 0 Å². The summed E-state index contributed by atoms with van der Waals surface area (Å²) >= 11 is 0. The van der Waals surface area contributed by atoms with Gasteiger partial charge in [-0.15, -0.1) is 0 Å². The average molecular weight is 533 g/mol. The van der Waals surface area contributed by atoms with Crippen molar-refractivity contribution in [2.75, 3.05) is 0 Å². The van der Waals surface area contributed by atoms with E-state index in [4.69, 9.17) is 0 Å². The molecule has 2 rings (SSSR count). The van der Waals surface area contributed by atoms with Crippen LogP contribution in [0, 0.1) is 0 Å². The Bertz CT molecular complexity index is 1160. The molecule has 0 saturated heterocycles. The zero-order valence-electron chi connectivity index (χ0n) is 29.6. The minimum atomic E-state index is 0.0688. The molecule has 2 aromatic carbocycles. The van der Waals surface area contributed by atoms with Crippen molar-refractivity contribution in [3.05, 3.63) is 68.8 Å². The zero-order valence-corrected chi connectivity index (χ0v) is 29.6. The summed E-state index contributed by atoms with van der Waals surface area (Å²) in [4.78, 5) is 0. The highest BCUT2D eigenvalue weighted by Gasteiger charge is 2.34. The Labute approximate surface area is 244 Å². The predicted molar refractivity (Wildman–Crippen MR) is 177 cm³/mol. The average Bonchev–Trinajstić information content (AvgIpc) is 2.68. The molecule has 0 saturated carbocycles. The fourth-order valence-electron chi connectivity index (χ4n) is 6.13. The minimum Gasteiger partial charge on any atom is -0.0581 e. The summed E-state index contributed by atoms with van der Waals surface area (Å²) in [5.41, 5.74) is 12.6. The van der Waals surface area contributed by atoms with Crippen LogP contribution >= 0.6 is 0 Å². The third-order valence-electron chi connectivity index (χ3n) is 8.29. The van der Waals surface area contributed by atoms with E-state index in [1.54, 1.807) is 11.1 Å². The van der Waals surface area contributed by atoms with Gasteiger partial charge in [0.15, 0.2) is 0 Å². The predicted octanol–water partition coefficient (Wildman–Crippen LogP) is 11.8. The molecule has 0 bridgehead atoms. The van der Waals surface area contributed by atoms with Gasteiger partial charge in [-0.25, -0.2) is 0 Å². The second-order valence-electron chi connectivity index (χ2n) is 18.7. The van der Waals surface area contributed by atoms with Gasteiger partial charge in [0.1, 0.15) is 0 Å². The molecule has 0 fully saturated rings. The lowest BCUT2D eigenvalue weighted by Crippen LogP contribution is -2.28. The first-order valence-electron chi connectivity index (χ1n) is 15.4. The van der Waals surface area contributed by atoms with E-state index in [1.807, 2.05) is 0 Å². The number of hydrogen-bond donors (Lipinski definition) is 0. The summed E-state index contributed by atoms with van der Waals surface area (Å²) in [5, 5.41) is 0. The summed E-state index contributed by atoms with van der Waals surface area (Å²) in [6.07, 6.45) is 1.06. The van der Waals surface area contributed by atoms with Crippen LogP contribution in [-0.2, 0) is 38.9 Å². The van der Waals surface area contributed by atoms with Gasteiger partial charge >= 0.3 is 0 Å². The molecule has 0 radical (unpaired) electrons. The molecule has 1 atom stereocenters. The molecule has 0 amide bonds. The van der Waals surface area contributed by atoms with E-state index in [1.165, 1.54) is 33.4 Å². The molecule has 0 heterocycles. The molecule has 0 aliphatic carbocycles. The van der Waals surface area contributed by atoms with Crippen LogP contribution in [0.5, 0.6) is 0 Å². The summed E-state index contributed by atoms with van der Waals surface area (Å²) in [6, 6.07) is 10.2. The fourth-order valence-corrected chi connectivity index (χ4v) is 6.13. The van der Waals surface area contributed by atoms with E-state index >= 15 is 0 Å². The normalized spacial score (nSPS) is 15.1. The maximum absolute atomic E-state index is 2.57. The van der Waals surface area contributed by atoms with E-state index in [-0.39, 0.29) is 32.5 Å².